The van der Waals surface area contributed by atoms with Crippen LogP contribution in [0.3, 0.4) is 0 Å². The van der Waals surface area contributed by atoms with Gasteiger partial charge >= 0.3 is 0 Å². The van der Waals surface area contributed by atoms with Crippen LogP contribution in [0.25, 0.3) is 0 Å². The van der Waals surface area contributed by atoms with Gasteiger partial charge < -0.3 is 10.1 Å². The topological polar surface area (TPSA) is 46.2 Å². The lowest BCUT2D eigenvalue weighted by Crippen LogP contribution is -2.24. The van der Waals surface area contributed by atoms with Gasteiger partial charge in [0.2, 0.25) is 0 Å². The molecule has 0 spiro atoms. The van der Waals surface area contributed by atoms with Crippen molar-refractivity contribution in [3.8, 4) is 0 Å². The van der Waals surface area contributed by atoms with Gasteiger partial charge in [-0.2, -0.15) is 0 Å². The van der Waals surface area contributed by atoms with Crippen LogP contribution >= 0.6 is 0 Å². The van der Waals surface area contributed by atoms with E-state index in [1.165, 1.54) is 0 Å². The van der Waals surface area contributed by atoms with Crippen molar-refractivity contribution in [2.45, 2.75) is 7.43 Å². The van der Waals surface area contributed by atoms with Crippen LogP contribution in [0.15, 0.2) is 30.3 Å². The second-order valence-corrected chi connectivity index (χ2v) is 2.24. The van der Waals surface area contributed by atoms with Crippen molar-refractivity contribution in [3.05, 3.63) is 35.9 Å². The number of benzene rings is 1. The highest BCUT2D eigenvalue weighted by Crippen LogP contribution is 1.96. The van der Waals surface area contributed by atoms with E-state index in [1.54, 1.807) is 24.3 Å². The summed E-state index contributed by atoms with van der Waals surface area (Å²) in [7, 11) is 0. The lowest BCUT2D eigenvalue weighted by Gasteiger charge is -1.99. The van der Waals surface area contributed by atoms with Gasteiger partial charge in [0, 0.05) is 5.56 Å². The van der Waals surface area contributed by atoms with E-state index in [1.807, 2.05) is 6.07 Å². The van der Waals surface area contributed by atoms with Crippen molar-refractivity contribution < 1.29 is 9.59 Å². The molecular formula is C10H13NO2. The van der Waals surface area contributed by atoms with Crippen LogP contribution in [0.4, 0.5) is 0 Å². The number of hydrogen-bond acceptors (Lipinski definition) is 2. The van der Waals surface area contributed by atoms with E-state index in [0.29, 0.717) is 11.8 Å². The molecule has 1 aromatic rings. The van der Waals surface area contributed by atoms with Gasteiger partial charge in [-0.15, -0.1) is 0 Å². The van der Waals surface area contributed by atoms with Gasteiger partial charge in [0.1, 0.15) is 6.29 Å². The predicted octanol–water partition coefficient (Wildman–Crippen LogP) is 1.25. The first kappa shape index (κ1) is 11.4. The zero-order valence-corrected chi connectivity index (χ0v) is 6.49. The van der Waals surface area contributed by atoms with Gasteiger partial charge in [-0.05, 0) is 12.1 Å². The molecule has 0 unspecified atom stereocenters. The molecule has 0 fully saturated rings. The summed E-state index contributed by atoms with van der Waals surface area (Å²) in [5.74, 6) is -0.220. The summed E-state index contributed by atoms with van der Waals surface area (Å²) in [6.07, 6.45) is 0.654. The lowest BCUT2D eigenvalue weighted by atomic mass is 10.2. The van der Waals surface area contributed by atoms with E-state index in [9.17, 15) is 9.59 Å². The third-order valence-corrected chi connectivity index (χ3v) is 1.38. The van der Waals surface area contributed by atoms with Crippen molar-refractivity contribution in [1.29, 1.82) is 0 Å². The molecule has 0 saturated carbocycles. The van der Waals surface area contributed by atoms with E-state index in [0.717, 1.165) is 0 Å². The first-order chi connectivity index (χ1) is 5.84. The van der Waals surface area contributed by atoms with Gasteiger partial charge in [0.25, 0.3) is 5.91 Å². The van der Waals surface area contributed by atoms with E-state index < -0.39 is 0 Å². The first-order valence-electron chi connectivity index (χ1n) is 3.61. The van der Waals surface area contributed by atoms with Crippen molar-refractivity contribution in [2.24, 2.45) is 0 Å². The maximum absolute atomic E-state index is 11.1. The van der Waals surface area contributed by atoms with Crippen molar-refractivity contribution in [3.63, 3.8) is 0 Å². The molecule has 1 aromatic carbocycles. The van der Waals surface area contributed by atoms with Crippen LogP contribution in [-0.2, 0) is 4.79 Å². The molecule has 3 nitrogen and oxygen atoms in total. The largest absolute Gasteiger partial charge is 0.345 e. The molecule has 0 saturated heterocycles. The number of carbonyl (C=O) groups is 2. The van der Waals surface area contributed by atoms with Crippen molar-refractivity contribution >= 4 is 12.2 Å². The van der Waals surface area contributed by atoms with Crippen LogP contribution in [0.2, 0.25) is 0 Å². The molecule has 70 valence electrons. The van der Waals surface area contributed by atoms with E-state index in [2.05, 4.69) is 5.32 Å². The minimum absolute atomic E-state index is 0. The third kappa shape index (κ3) is 3.51. The second-order valence-electron chi connectivity index (χ2n) is 2.24. The number of hydrogen-bond donors (Lipinski definition) is 1. The maximum atomic E-state index is 11.1. The smallest absolute Gasteiger partial charge is 0.251 e. The Morgan fingerprint density at radius 3 is 2.46 bits per heavy atom. The van der Waals surface area contributed by atoms with Gasteiger partial charge in [-0.3, -0.25) is 4.79 Å². The highest BCUT2D eigenvalue weighted by Gasteiger charge is 2.01. The molecule has 13 heavy (non-hydrogen) atoms. The Bertz CT molecular complexity index is 270. The Kier molecular flexibility index (Phi) is 5.19. The van der Waals surface area contributed by atoms with Crippen LogP contribution in [0.1, 0.15) is 17.8 Å². The normalized spacial score (nSPS) is 8.31. The minimum atomic E-state index is -0.220. The van der Waals surface area contributed by atoms with Crippen LogP contribution in [0, 0.1) is 0 Å². The zero-order chi connectivity index (χ0) is 8.81. The molecule has 0 atom stereocenters. The van der Waals surface area contributed by atoms with Gasteiger partial charge in [-0.25, -0.2) is 0 Å². The van der Waals surface area contributed by atoms with Crippen LogP contribution in [-0.4, -0.2) is 18.7 Å². The fraction of sp³-hybridized carbons (Fsp3) is 0.200. The Morgan fingerprint density at radius 1 is 1.31 bits per heavy atom. The SMILES string of the molecule is C.O=CCNC(=O)c1ccccc1. The molecule has 1 N–H and O–H groups in total. The average molecular weight is 179 g/mol. The van der Waals surface area contributed by atoms with Gasteiger partial charge in [-0.1, -0.05) is 25.6 Å². The molecule has 0 radical (unpaired) electrons. The van der Waals surface area contributed by atoms with Gasteiger partial charge in [0.15, 0.2) is 0 Å². The second kappa shape index (κ2) is 5.94. The summed E-state index contributed by atoms with van der Waals surface area (Å²) in [5.41, 5.74) is 0.569. The van der Waals surface area contributed by atoms with Crippen molar-refractivity contribution in [1.82, 2.24) is 5.32 Å². The molecule has 0 aliphatic heterocycles. The Morgan fingerprint density at radius 2 is 1.92 bits per heavy atom. The first-order valence-corrected chi connectivity index (χ1v) is 3.61. The number of aldehydes is 1. The average Bonchev–Trinajstić information content (AvgIpc) is 2.15. The van der Waals surface area contributed by atoms with Crippen LogP contribution < -0.4 is 5.32 Å². The molecule has 1 amide bonds. The molecule has 0 heterocycles. The van der Waals surface area contributed by atoms with Crippen molar-refractivity contribution in [2.75, 3.05) is 6.54 Å². The number of nitrogens with one attached hydrogen (secondary N) is 1. The Balaban J connectivity index is 0.00000144. The molecule has 0 aliphatic carbocycles. The fourth-order valence-electron chi connectivity index (χ4n) is 0.826. The summed E-state index contributed by atoms with van der Waals surface area (Å²) < 4.78 is 0. The molecule has 1 rings (SSSR count). The predicted molar refractivity (Wildman–Crippen MR) is 51.6 cm³/mol. The summed E-state index contributed by atoms with van der Waals surface area (Å²) in [5, 5.41) is 2.44. The number of rotatable bonds is 3. The maximum Gasteiger partial charge on any atom is 0.251 e. The van der Waals surface area contributed by atoms with Gasteiger partial charge in [0.05, 0.1) is 6.54 Å². The summed E-state index contributed by atoms with van der Waals surface area (Å²) in [6, 6.07) is 8.77. The number of carbonyl (C=O) groups excluding carboxylic acids is 2. The monoisotopic (exact) mass is 179 g/mol. The van der Waals surface area contributed by atoms with E-state index in [4.69, 9.17) is 0 Å². The van der Waals surface area contributed by atoms with E-state index >= 15 is 0 Å². The highest BCUT2D eigenvalue weighted by molar-refractivity contribution is 5.94. The third-order valence-electron chi connectivity index (χ3n) is 1.38. The summed E-state index contributed by atoms with van der Waals surface area (Å²) in [6.45, 7) is 0.0632. The number of amides is 1. The Hall–Kier alpha value is -1.64. The molecule has 0 aliphatic rings. The minimum Gasteiger partial charge on any atom is -0.345 e. The highest BCUT2D eigenvalue weighted by atomic mass is 16.2. The summed E-state index contributed by atoms with van der Waals surface area (Å²) in [4.78, 5) is 21.1. The van der Waals surface area contributed by atoms with Crippen LogP contribution in [0.5, 0.6) is 0 Å². The Labute approximate surface area is 77.8 Å². The molecule has 0 aromatic heterocycles. The molecular weight excluding hydrogens is 166 g/mol. The molecule has 0 bridgehead atoms. The van der Waals surface area contributed by atoms with E-state index in [-0.39, 0.29) is 19.9 Å². The lowest BCUT2D eigenvalue weighted by molar-refractivity contribution is -0.107. The zero-order valence-electron chi connectivity index (χ0n) is 6.49. The standard InChI is InChI=1S/C9H9NO2.CH4/c11-7-6-10-9(12)8-4-2-1-3-5-8;/h1-5,7H,6H2,(H,10,12);1H4. The fourth-order valence-corrected chi connectivity index (χ4v) is 0.826. The molecule has 3 heteroatoms. The quantitative estimate of drug-likeness (QED) is 0.710. The summed E-state index contributed by atoms with van der Waals surface area (Å²) >= 11 is 0.